The first kappa shape index (κ1) is 14.3. The highest BCUT2D eigenvalue weighted by atomic mass is 35.5. The molecule has 0 saturated heterocycles. The molecule has 2 aromatic heterocycles. The summed E-state index contributed by atoms with van der Waals surface area (Å²) in [7, 11) is 1.59. The van der Waals surface area contributed by atoms with Gasteiger partial charge in [0.1, 0.15) is 10.8 Å². The van der Waals surface area contributed by atoms with Crippen LogP contribution in [0.4, 0.5) is 0 Å². The van der Waals surface area contributed by atoms with Crippen LogP contribution in [0.1, 0.15) is 24.8 Å². The average Bonchev–Trinajstić information content (AvgIpc) is 2.97. The van der Waals surface area contributed by atoms with E-state index < -0.39 is 0 Å². The van der Waals surface area contributed by atoms with E-state index in [1.807, 2.05) is 23.6 Å². The molecule has 0 aliphatic heterocycles. The SMILES string of the molecule is COc1ccc2[c]cc(-c3csc(C(C)C)n3)nc2c1Cl. The standard InChI is InChI=1S/C16H14ClN2OS/c1-9(2)16-19-12(8-21-16)11-6-4-10-5-7-13(20-3)14(17)15(10)18-11/h5-9H,1-3H3. The van der Waals surface area contributed by atoms with E-state index in [-0.39, 0.29) is 0 Å². The van der Waals surface area contributed by atoms with Gasteiger partial charge in [0.2, 0.25) is 0 Å². The Hall–Kier alpha value is -1.65. The number of aromatic nitrogens is 2. The lowest BCUT2D eigenvalue weighted by atomic mass is 10.1. The van der Waals surface area contributed by atoms with Crippen molar-refractivity contribution >= 4 is 33.8 Å². The molecule has 0 bridgehead atoms. The Morgan fingerprint density at radius 1 is 1.24 bits per heavy atom. The number of hydrogen-bond donors (Lipinski definition) is 0. The predicted molar refractivity (Wildman–Crippen MR) is 87.3 cm³/mol. The van der Waals surface area contributed by atoms with E-state index in [0.717, 1.165) is 21.8 Å². The van der Waals surface area contributed by atoms with Gasteiger partial charge >= 0.3 is 0 Å². The number of hydrogen-bond acceptors (Lipinski definition) is 4. The van der Waals surface area contributed by atoms with Gasteiger partial charge in [-0.25, -0.2) is 9.97 Å². The largest absolute Gasteiger partial charge is 0.495 e. The van der Waals surface area contributed by atoms with Crippen molar-refractivity contribution in [2.24, 2.45) is 0 Å². The van der Waals surface area contributed by atoms with Crippen LogP contribution in [-0.4, -0.2) is 17.1 Å². The minimum absolute atomic E-state index is 0.414. The summed E-state index contributed by atoms with van der Waals surface area (Å²) in [5.74, 6) is 1.03. The molecule has 0 amide bonds. The molecule has 3 aromatic rings. The molecule has 21 heavy (non-hydrogen) atoms. The van der Waals surface area contributed by atoms with Crippen LogP contribution in [0.3, 0.4) is 0 Å². The third-order valence-electron chi connectivity index (χ3n) is 3.18. The van der Waals surface area contributed by atoms with E-state index in [1.54, 1.807) is 18.4 Å². The van der Waals surface area contributed by atoms with E-state index in [2.05, 4.69) is 29.9 Å². The van der Waals surface area contributed by atoms with Crippen LogP contribution < -0.4 is 4.74 Å². The van der Waals surface area contributed by atoms with Crippen LogP contribution in [0.5, 0.6) is 5.75 Å². The number of thiazole rings is 1. The highest BCUT2D eigenvalue weighted by molar-refractivity contribution is 7.10. The highest BCUT2D eigenvalue weighted by Crippen LogP contribution is 2.33. The maximum atomic E-state index is 6.33. The third kappa shape index (κ3) is 2.61. The van der Waals surface area contributed by atoms with Gasteiger partial charge < -0.3 is 4.74 Å². The Balaban J connectivity index is 2.13. The zero-order valence-corrected chi connectivity index (χ0v) is 13.5. The molecule has 0 aliphatic carbocycles. The molecule has 2 heterocycles. The molecule has 5 heteroatoms. The minimum Gasteiger partial charge on any atom is -0.495 e. The Morgan fingerprint density at radius 3 is 2.71 bits per heavy atom. The van der Waals surface area contributed by atoms with E-state index in [1.165, 1.54) is 0 Å². The van der Waals surface area contributed by atoms with Crippen LogP contribution in [0, 0.1) is 6.07 Å². The van der Waals surface area contributed by atoms with Gasteiger partial charge in [-0.15, -0.1) is 11.3 Å². The van der Waals surface area contributed by atoms with E-state index in [4.69, 9.17) is 16.3 Å². The molecule has 1 aromatic carbocycles. The summed E-state index contributed by atoms with van der Waals surface area (Å²) in [5.41, 5.74) is 2.33. The second kappa shape index (κ2) is 5.62. The van der Waals surface area contributed by atoms with Gasteiger partial charge in [0.15, 0.2) is 0 Å². The van der Waals surface area contributed by atoms with Crippen LogP contribution in [0.25, 0.3) is 22.3 Å². The van der Waals surface area contributed by atoms with Crippen LogP contribution in [0.15, 0.2) is 23.6 Å². The summed E-state index contributed by atoms with van der Waals surface area (Å²) in [5, 5.41) is 4.49. The van der Waals surface area contributed by atoms with Crippen molar-refractivity contribution in [2.75, 3.05) is 7.11 Å². The van der Waals surface area contributed by atoms with Crippen LogP contribution in [0.2, 0.25) is 5.02 Å². The highest BCUT2D eigenvalue weighted by Gasteiger charge is 2.12. The molecule has 0 saturated carbocycles. The van der Waals surface area contributed by atoms with Gasteiger partial charge in [-0.1, -0.05) is 25.4 Å². The monoisotopic (exact) mass is 317 g/mol. The van der Waals surface area contributed by atoms with Crippen molar-refractivity contribution in [2.45, 2.75) is 19.8 Å². The van der Waals surface area contributed by atoms with Crippen molar-refractivity contribution < 1.29 is 4.74 Å². The molecule has 3 rings (SSSR count). The Morgan fingerprint density at radius 2 is 2.05 bits per heavy atom. The first-order valence-electron chi connectivity index (χ1n) is 6.61. The molecular formula is C16H14ClN2OS. The molecule has 0 aliphatic rings. The number of benzene rings is 1. The zero-order valence-electron chi connectivity index (χ0n) is 12.0. The summed E-state index contributed by atoms with van der Waals surface area (Å²) in [6.07, 6.45) is 0. The lowest BCUT2D eigenvalue weighted by Gasteiger charge is -2.06. The number of methoxy groups -OCH3 is 1. The third-order valence-corrected chi connectivity index (χ3v) is 4.69. The molecule has 3 nitrogen and oxygen atoms in total. The fraction of sp³-hybridized carbons (Fsp3) is 0.250. The number of pyridine rings is 1. The molecule has 0 spiro atoms. The molecule has 0 N–H and O–H groups in total. The summed E-state index contributed by atoms with van der Waals surface area (Å²) >= 11 is 7.98. The van der Waals surface area contributed by atoms with Crippen molar-refractivity contribution in [1.82, 2.24) is 9.97 Å². The second-order valence-corrected chi connectivity index (χ2v) is 6.26. The van der Waals surface area contributed by atoms with E-state index >= 15 is 0 Å². The van der Waals surface area contributed by atoms with Crippen molar-refractivity contribution in [3.05, 3.63) is 39.7 Å². The molecule has 0 unspecified atom stereocenters. The number of nitrogens with zero attached hydrogens (tertiary/aromatic N) is 2. The molecule has 107 valence electrons. The quantitative estimate of drug-likeness (QED) is 0.686. The molecular weight excluding hydrogens is 304 g/mol. The topological polar surface area (TPSA) is 35.0 Å². The van der Waals surface area contributed by atoms with Gasteiger partial charge in [-0.2, -0.15) is 0 Å². The Labute approximate surface area is 132 Å². The van der Waals surface area contributed by atoms with Crippen molar-refractivity contribution in [3.63, 3.8) is 0 Å². The maximum absolute atomic E-state index is 6.33. The predicted octanol–water partition coefficient (Wildman–Crippen LogP) is 4.94. The molecule has 0 atom stereocenters. The summed E-state index contributed by atoms with van der Waals surface area (Å²) in [6, 6.07) is 8.78. The van der Waals surface area contributed by atoms with Gasteiger partial charge in [0.05, 0.1) is 29.0 Å². The lowest BCUT2D eigenvalue weighted by molar-refractivity contribution is 0.415. The lowest BCUT2D eigenvalue weighted by Crippen LogP contribution is -1.91. The van der Waals surface area contributed by atoms with Gasteiger partial charge in [-0.05, 0) is 24.3 Å². The smallest absolute Gasteiger partial charge is 0.139 e. The van der Waals surface area contributed by atoms with Crippen LogP contribution >= 0.6 is 22.9 Å². The Kier molecular flexibility index (Phi) is 3.83. The van der Waals surface area contributed by atoms with Crippen LogP contribution in [-0.2, 0) is 0 Å². The van der Waals surface area contributed by atoms with Crippen molar-refractivity contribution in [1.29, 1.82) is 0 Å². The number of ether oxygens (including phenoxy) is 1. The summed E-state index contributed by atoms with van der Waals surface area (Å²) in [6.45, 7) is 4.26. The van der Waals surface area contributed by atoms with Gasteiger partial charge in [0.25, 0.3) is 0 Å². The van der Waals surface area contributed by atoms with Gasteiger partial charge in [-0.3, -0.25) is 0 Å². The first-order valence-corrected chi connectivity index (χ1v) is 7.86. The zero-order chi connectivity index (χ0) is 15.0. The number of rotatable bonds is 3. The van der Waals surface area contributed by atoms with Gasteiger partial charge in [0, 0.05) is 16.7 Å². The number of fused-ring (bicyclic) bond motifs is 1. The fourth-order valence-electron chi connectivity index (χ4n) is 2.03. The number of halogens is 1. The minimum atomic E-state index is 0.414. The summed E-state index contributed by atoms with van der Waals surface area (Å²) < 4.78 is 5.23. The summed E-state index contributed by atoms with van der Waals surface area (Å²) in [4.78, 5) is 9.25. The second-order valence-electron chi connectivity index (χ2n) is 4.99. The maximum Gasteiger partial charge on any atom is 0.139 e. The normalized spacial score (nSPS) is 11.3. The van der Waals surface area contributed by atoms with Crippen molar-refractivity contribution in [3.8, 4) is 17.1 Å². The Bertz CT molecular complexity index is 798. The first-order chi connectivity index (χ1) is 10.1. The molecule has 0 fully saturated rings. The average molecular weight is 318 g/mol. The molecule has 1 radical (unpaired) electrons. The van der Waals surface area contributed by atoms with E-state index in [0.29, 0.717) is 22.2 Å². The van der Waals surface area contributed by atoms with E-state index in [9.17, 15) is 0 Å². The fourth-order valence-corrected chi connectivity index (χ4v) is 3.14.